The summed E-state index contributed by atoms with van der Waals surface area (Å²) in [5.74, 6) is 4.05. The van der Waals surface area contributed by atoms with Crippen LogP contribution in [0.3, 0.4) is 0 Å². The number of rotatable bonds is 6. The fraction of sp³-hybridized carbons (Fsp3) is 0.875. The van der Waals surface area contributed by atoms with E-state index < -0.39 is 0 Å². The summed E-state index contributed by atoms with van der Waals surface area (Å²) in [5, 5.41) is 7.63. The van der Waals surface area contributed by atoms with Gasteiger partial charge in [0.1, 0.15) is 0 Å². The van der Waals surface area contributed by atoms with E-state index in [0.717, 1.165) is 30.0 Å². The summed E-state index contributed by atoms with van der Waals surface area (Å²) in [5.41, 5.74) is 0. The van der Waals surface area contributed by atoms with Gasteiger partial charge in [-0.25, -0.2) is 0 Å². The number of nitrogens with zero attached hydrogens (tertiary/aromatic N) is 2. The Kier molecular flexibility index (Phi) is 4.39. The third-order valence-electron chi connectivity index (χ3n) is 5.23. The monoisotopic (exact) mass is 277 g/mol. The fourth-order valence-electron chi connectivity index (χ4n) is 3.54. The maximum atomic E-state index is 5.48. The van der Waals surface area contributed by atoms with Crippen LogP contribution in [0.1, 0.15) is 69.5 Å². The van der Waals surface area contributed by atoms with Crippen molar-refractivity contribution >= 4 is 0 Å². The van der Waals surface area contributed by atoms with Crippen molar-refractivity contribution < 1.29 is 4.52 Å². The van der Waals surface area contributed by atoms with Crippen LogP contribution in [0, 0.1) is 11.8 Å². The predicted octanol–water partition coefficient (Wildman–Crippen LogP) is 3.29. The Morgan fingerprint density at radius 3 is 2.55 bits per heavy atom. The van der Waals surface area contributed by atoms with Gasteiger partial charge in [-0.1, -0.05) is 18.5 Å². The Bertz CT molecular complexity index is 419. The Morgan fingerprint density at radius 1 is 1.20 bits per heavy atom. The van der Waals surface area contributed by atoms with Crippen LogP contribution in [0.4, 0.5) is 0 Å². The van der Waals surface area contributed by atoms with Crippen molar-refractivity contribution in [1.82, 2.24) is 15.5 Å². The van der Waals surface area contributed by atoms with E-state index in [1.54, 1.807) is 0 Å². The minimum atomic E-state index is 0.513. The predicted molar refractivity (Wildman–Crippen MR) is 78.6 cm³/mol. The molecule has 3 rings (SSSR count). The average Bonchev–Trinajstić information content (AvgIpc) is 3.24. The van der Waals surface area contributed by atoms with Crippen molar-refractivity contribution in [2.75, 3.05) is 7.05 Å². The van der Waals surface area contributed by atoms with Gasteiger partial charge < -0.3 is 9.84 Å². The van der Waals surface area contributed by atoms with Gasteiger partial charge >= 0.3 is 0 Å². The summed E-state index contributed by atoms with van der Waals surface area (Å²) < 4.78 is 5.48. The van der Waals surface area contributed by atoms with Crippen LogP contribution in [-0.4, -0.2) is 23.2 Å². The molecule has 1 N–H and O–H groups in total. The van der Waals surface area contributed by atoms with E-state index in [0.29, 0.717) is 12.0 Å². The van der Waals surface area contributed by atoms with Gasteiger partial charge in [0.15, 0.2) is 5.82 Å². The molecule has 20 heavy (non-hydrogen) atoms. The molecule has 2 aliphatic carbocycles. The smallest absolute Gasteiger partial charge is 0.228 e. The summed E-state index contributed by atoms with van der Waals surface area (Å²) in [4.78, 5) is 4.66. The SMILES string of the molecule is CCC1CCC(c2noc(CC(NC)C3CC3)n2)CC1. The minimum absolute atomic E-state index is 0.513. The number of hydrogen-bond acceptors (Lipinski definition) is 4. The second-order valence-corrected chi connectivity index (χ2v) is 6.61. The van der Waals surface area contributed by atoms with E-state index in [1.165, 1.54) is 44.9 Å². The first-order chi connectivity index (χ1) is 9.80. The highest BCUT2D eigenvalue weighted by Gasteiger charge is 2.32. The van der Waals surface area contributed by atoms with E-state index in [9.17, 15) is 0 Å². The molecule has 1 aromatic rings. The largest absolute Gasteiger partial charge is 0.339 e. The molecule has 0 saturated heterocycles. The van der Waals surface area contributed by atoms with Gasteiger partial charge in [0.25, 0.3) is 0 Å². The lowest BCUT2D eigenvalue weighted by molar-refractivity contribution is 0.301. The van der Waals surface area contributed by atoms with Gasteiger partial charge in [0.2, 0.25) is 5.89 Å². The van der Waals surface area contributed by atoms with Crippen LogP contribution in [-0.2, 0) is 6.42 Å². The summed E-state index contributed by atoms with van der Waals surface area (Å²) in [6, 6.07) is 0.513. The maximum absolute atomic E-state index is 5.48. The zero-order chi connectivity index (χ0) is 13.9. The second kappa shape index (κ2) is 6.25. The molecule has 0 spiro atoms. The zero-order valence-corrected chi connectivity index (χ0v) is 12.8. The van der Waals surface area contributed by atoms with Gasteiger partial charge in [-0.3, -0.25) is 0 Å². The van der Waals surface area contributed by atoms with E-state index in [4.69, 9.17) is 4.52 Å². The van der Waals surface area contributed by atoms with Crippen LogP contribution in [0.25, 0.3) is 0 Å². The lowest BCUT2D eigenvalue weighted by Crippen LogP contribution is -2.29. The highest BCUT2D eigenvalue weighted by atomic mass is 16.5. The van der Waals surface area contributed by atoms with Gasteiger partial charge in [-0.15, -0.1) is 0 Å². The normalized spacial score (nSPS) is 28.5. The molecule has 0 aliphatic heterocycles. The Hall–Kier alpha value is -0.900. The van der Waals surface area contributed by atoms with Crippen LogP contribution < -0.4 is 5.32 Å². The molecule has 0 radical (unpaired) electrons. The van der Waals surface area contributed by atoms with E-state index in [-0.39, 0.29) is 0 Å². The number of likely N-dealkylation sites (N-methyl/N-ethyl adjacent to an activating group) is 1. The Balaban J connectivity index is 1.56. The molecule has 2 fully saturated rings. The van der Waals surface area contributed by atoms with E-state index in [2.05, 4.69) is 22.4 Å². The summed E-state index contributed by atoms with van der Waals surface area (Å²) in [7, 11) is 2.03. The van der Waals surface area contributed by atoms with E-state index in [1.807, 2.05) is 7.05 Å². The molecule has 4 heteroatoms. The molecule has 112 valence electrons. The van der Waals surface area contributed by atoms with Crippen molar-refractivity contribution in [3.8, 4) is 0 Å². The van der Waals surface area contributed by atoms with E-state index >= 15 is 0 Å². The first-order valence-electron chi connectivity index (χ1n) is 8.29. The summed E-state index contributed by atoms with van der Waals surface area (Å²) >= 11 is 0. The molecule has 0 aromatic carbocycles. The van der Waals surface area contributed by atoms with Crippen molar-refractivity contribution in [3.05, 3.63) is 11.7 Å². The Labute approximate surface area is 121 Å². The quantitative estimate of drug-likeness (QED) is 0.867. The first-order valence-corrected chi connectivity index (χ1v) is 8.29. The minimum Gasteiger partial charge on any atom is -0.339 e. The van der Waals surface area contributed by atoms with Crippen molar-refractivity contribution in [1.29, 1.82) is 0 Å². The van der Waals surface area contributed by atoms with Crippen LogP contribution in [0.5, 0.6) is 0 Å². The number of aromatic nitrogens is 2. The molecule has 1 aromatic heterocycles. The lowest BCUT2D eigenvalue weighted by atomic mass is 9.80. The maximum Gasteiger partial charge on any atom is 0.228 e. The fourth-order valence-corrected chi connectivity index (χ4v) is 3.54. The van der Waals surface area contributed by atoms with Crippen molar-refractivity contribution in [3.63, 3.8) is 0 Å². The molecule has 2 aliphatic rings. The van der Waals surface area contributed by atoms with Crippen LogP contribution in [0.2, 0.25) is 0 Å². The third-order valence-corrected chi connectivity index (χ3v) is 5.23. The molecule has 0 amide bonds. The molecule has 0 bridgehead atoms. The molecule has 4 nitrogen and oxygen atoms in total. The van der Waals surface area contributed by atoms with Gasteiger partial charge in [0, 0.05) is 18.4 Å². The standard InChI is InChI=1S/C16H27N3O/c1-3-11-4-6-13(7-5-11)16-18-15(20-19-16)10-14(17-2)12-8-9-12/h11-14,17H,3-10H2,1-2H3. The highest BCUT2D eigenvalue weighted by Crippen LogP contribution is 2.36. The Morgan fingerprint density at radius 2 is 1.95 bits per heavy atom. The highest BCUT2D eigenvalue weighted by molar-refractivity contribution is 5.00. The number of hydrogen-bond donors (Lipinski definition) is 1. The topological polar surface area (TPSA) is 51.0 Å². The molecular weight excluding hydrogens is 250 g/mol. The molecule has 1 heterocycles. The van der Waals surface area contributed by atoms with Crippen molar-refractivity contribution in [2.45, 2.75) is 70.3 Å². The summed E-state index contributed by atoms with van der Waals surface area (Å²) in [6.07, 6.45) is 10.00. The third kappa shape index (κ3) is 3.22. The van der Waals surface area contributed by atoms with Crippen LogP contribution in [0.15, 0.2) is 4.52 Å². The van der Waals surface area contributed by atoms with Crippen molar-refractivity contribution in [2.24, 2.45) is 11.8 Å². The molecule has 1 unspecified atom stereocenters. The second-order valence-electron chi connectivity index (χ2n) is 6.61. The molecule has 2 saturated carbocycles. The number of nitrogens with one attached hydrogen (secondary N) is 1. The lowest BCUT2D eigenvalue weighted by Gasteiger charge is -2.25. The summed E-state index contributed by atoms with van der Waals surface area (Å²) in [6.45, 7) is 2.30. The first kappa shape index (κ1) is 14.1. The zero-order valence-electron chi connectivity index (χ0n) is 12.8. The molecular formula is C16H27N3O. The van der Waals surface area contributed by atoms with Crippen LogP contribution >= 0.6 is 0 Å². The molecule has 1 atom stereocenters. The average molecular weight is 277 g/mol. The van der Waals surface area contributed by atoms with Gasteiger partial charge in [0.05, 0.1) is 0 Å². The van der Waals surface area contributed by atoms with Gasteiger partial charge in [-0.05, 0) is 57.4 Å². The van der Waals surface area contributed by atoms with Gasteiger partial charge in [-0.2, -0.15) is 4.98 Å².